The zero-order chi connectivity index (χ0) is 14.4. The first-order chi connectivity index (χ1) is 9.69. The van der Waals surface area contributed by atoms with Crippen LogP contribution in [0, 0.1) is 11.3 Å². The van der Waals surface area contributed by atoms with E-state index < -0.39 is 0 Å². The Balaban J connectivity index is 1.93. The van der Waals surface area contributed by atoms with Crippen LogP contribution in [0.25, 0.3) is 0 Å². The molecule has 1 aromatic heterocycles. The SMILES string of the molecule is CC(=NOCc1ccc(Cl)cc1)c1ccc(CC#N)s1. The Hall–Kier alpha value is -1.83. The second kappa shape index (κ2) is 7.09. The van der Waals surface area contributed by atoms with E-state index in [9.17, 15) is 0 Å². The first-order valence-corrected chi connectivity index (χ1v) is 7.25. The molecule has 2 rings (SSSR count). The highest BCUT2D eigenvalue weighted by molar-refractivity contribution is 7.14. The smallest absolute Gasteiger partial charge is 0.142 e. The Labute approximate surface area is 127 Å². The number of halogens is 1. The number of hydrogen-bond donors (Lipinski definition) is 0. The Bertz CT molecular complexity index is 641. The van der Waals surface area contributed by atoms with Crippen LogP contribution in [0.5, 0.6) is 0 Å². The van der Waals surface area contributed by atoms with Gasteiger partial charge in [-0.1, -0.05) is 28.9 Å². The summed E-state index contributed by atoms with van der Waals surface area (Å²) in [6.07, 6.45) is 0.434. The third kappa shape index (κ3) is 4.09. The lowest BCUT2D eigenvalue weighted by Gasteiger charge is -2.01. The normalized spacial score (nSPS) is 11.2. The molecule has 3 nitrogen and oxygen atoms in total. The van der Waals surface area contributed by atoms with E-state index in [0.717, 1.165) is 21.0 Å². The van der Waals surface area contributed by atoms with Crippen LogP contribution in [0.4, 0.5) is 0 Å². The Kier molecular flexibility index (Phi) is 5.16. The van der Waals surface area contributed by atoms with Gasteiger partial charge in [-0.05, 0) is 36.8 Å². The minimum atomic E-state index is 0.408. The minimum absolute atomic E-state index is 0.408. The molecule has 0 N–H and O–H groups in total. The summed E-state index contributed by atoms with van der Waals surface area (Å²) in [7, 11) is 0. The third-order valence-corrected chi connectivity index (χ3v) is 4.06. The van der Waals surface area contributed by atoms with E-state index in [2.05, 4.69) is 11.2 Å². The fourth-order valence-electron chi connectivity index (χ4n) is 1.57. The van der Waals surface area contributed by atoms with Crippen molar-refractivity contribution in [3.8, 4) is 6.07 Å². The molecule has 5 heteroatoms. The molecule has 0 aliphatic rings. The quantitative estimate of drug-likeness (QED) is 0.607. The third-order valence-electron chi connectivity index (χ3n) is 2.62. The molecule has 0 bridgehead atoms. The predicted octanol–water partition coefficient (Wildman–Crippen LogP) is 4.41. The molecule has 0 saturated carbocycles. The fraction of sp³-hybridized carbons (Fsp3) is 0.200. The maximum absolute atomic E-state index is 8.65. The summed E-state index contributed by atoms with van der Waals surface area (Å²) < 4.78 is 0. The molecule has 0 fully saturated rings. The number of benzene rings is 1. The molecule has 1 heterocycles. The second-order valence-electron chi connectivity index (χ2n) is 4.18. The molecule has 0 radical (unpaired) electrons. The lowest BCUT2D eigenvalue weighted by atomic mass is 10.2. The van der Waals surface area contributed by atoms with Gasteiger partial charge >= 0.3 is 0 Å². The summed E-state index contributed by atoms with van der Waals surface area (Å²) in [6, 6.07) is 13.5. The van der Waals surface area contributed by atoms with Gasteiger partial charge in [-0.2, -0.15) is 5.26 Å². The molecule has 2 aromatic rings. The van der Waals surface area contributed by atoms with Crippen LogP contribution in [0.3, 0.4) is 0 Å². The number of thiophene rings is 1. The van der Waals surface area contributed by atoms with Crippen LogP contribution in [0.1, 0.15) is 22.2 Å². The number of oxime groups is 1. The van der Waals surface area contributed by atoms with Gasteiger partial charge in [-0.3, -0.25) is 0 Å². The van der Waals surface area contributed by atoms with E-state index in [-0.39, 0.29) is 0 Å². The van der Waals surface area contributed by atoms with Gasteiger partial charge in [0.25, 0.3) is 0 Å². The summed E-state index contributed by atoms with van der Waals surface area (Å²) in [5, 5.41) is 13.4. The topological polar surface area (TPSA) is 45.4 Å². The van der Waals surface area contributed by atoms with Crippen molar-refractivity contribution in [2.45, 2.75) is 20.0 Å². The number of nitrogens with zero attached hydrogens (tertiary/aromatic N) is 2. The Morgan fingerprint density at radius 2 is 2.05 bits per heavy atom. The van der Waals surface area contributed by atoms with Crippen molar-refractivity contribution < 1.29 is 4.84 Å². The van der Waals surface area contributed by atoms with Crippen molar-refractivity contribution in [1.29, 1.82) is 5.26 Å². The number of hydrogen-bond acceptors (Lipinski definition) is 4. The standard InChI is InChI=1S/C15H13ClN2OS/c1-11(15-7-6-14(20-15)8-9-17)18-19-10-12-2-4-13(16)5-3-12/h2-7H,8,10H2,1H3. The monoisotopic (exact) mass is 304 g/mol. The first kappa shape index (κ1) is 14.6. The van der Waals surface area contributed by atoms with Gasteiger partial charge in [0.2, 0.25) is 0 Å². The van der Waals surface area contributed by atoms with Crippen molar-refractivity contribution in [2.75, 3.05) is 0 Å². The summed E-state index contributed by atoms with van der Waals surface area (Å²) in [4.78, 5) is 7.39. The fourth-order valence-corrected chi connectivity index (χ4v) is 2.58. The van der Waals surface area contributed by atoms with E-state index in [1.165, 1.54) is 0 Å². The zero-order valence-corrected chi connectivity index (χ0v) is 12.5. The summed E-state index contributed by atoms with van der Waals surface area (Å²) in [5.74, 6) is 0. The van der Waals surface area contributed by atoms with Gasteiger partial charge in [-0.15, -0.1) is 11.3 Å². The largest absolute Gasteiger partial charge is 0.391 e. The van der Waals surface area contributed by atoms with Crippen LogP contribution >= 0.6 is 22.9 Å². The van der Waals surface area contributed by atoms with Crippen molar-refractivity contribution in [3.63, 3.8) is 0 Å². The van der Waals surface area contributed by atoms with E-state index in [1.807, 2.05) is 43.3 Å². The lowest BCUT2D eigenvalue weighted by Crippen LogP contribution is -1.94. The molecule has 0 spiro atoms. The molecular weight excluding hydrogens is 292 g/mol. The van der Waals surface area contributed by atoms with E-state index in [1.54, 1.807) is 11.3 Å². The van der Waals surface area contributed by atoms with Gasteiger partial charge in [-0.25, -0.2) is 0 Å². The molecule has 102 valence electrons. The first-order valence-electron chi connectivity index (χ1n) is 6.06. The lowest BCUT2D eigenvalue weighted by molar-refractivity contribution is 0.130. The molecule has 0 amide bonds. The van der Waals surface area contributed by atoms with Crippen molar-refractivity contribution in [1.82, 2.24) is 0 Å². The Morgan fingerprint density at radius 1 is 1.30 bits per heavy atom. The van der Waals surface area contributed by atoms with Crippen molar-refractivity contribution in [2.24, 2.45) is 5.16 Å². The van der Waals surface area contributed by atoms with Crippen LogP contribution < -0.4 is 0 Å². The number of rotatable bonds is 5. The summed E-state index contributed by atoms with van der Waals surface area (Å²) in [5.41, 5.74) is 1.83. The molecule has 0 aliphatic carbocycles. The molecule has 1 aromatic carbocycles. The van der Waals surface area contributed by atoms with Gasteiger partial charge in [0.1, 0.15) is 6.61 Å². The maximum atomic E-state index is 8.65. The van der Waals surface area contributed by atoms with E-state index in [4.69, 9.17) is 21.7 Å². The summed E-state index contributed by atoms with van der Waals surface area (Å²) in [6.45, 7) is 2.30. The van der Waals surface area contributed by atoms with Crippen molar-refractivity contribution in [3.05, 3.63) is 56.7 Å². The highest BCUT2D eigenvalue weighted by Gasteiger charge is 2.03. The molecular formula is C15H13ClN2OS. The van der Waals surface area contributed by atoms with Gasteiger partial charge in [0.15, 0.2) is 0 Å². The van der Waals surface area contributed by atoms with E-state index in [0.29, 0.717) is 18.1 Å². The van der Waals surface area contributed by atoms with Gasteiger partial charge in [0, 0.05) is 9.90 Å². The van der Waals surface area contributed by atoms with E-state index >= 15 is 0 Å². The number of nitriles is 1. The predicted molar refractivity (Wildman–Crippen MR) is 82.1 cm³/mol. The zero-order valence-electron chi connectivity index (χ0n) is 11.0. The molecule has 0 unspecified atom stereocenters. The summed E-state index contributed by atoms with van der Waals surface area (Å²) >= 11 is 7.38. The molecule has 0 saturated heterocycles. The van der Waals surface area contributed by atoms with Crippen LogP contribution in [0.2, 0.25) is 5.02 Å². The van der Waals surface area contributed by atoms with Gasteiger partial charge in [0.05, 0.1) is 23.1 Å². The molecule has 0 atom stereocenters. The van der Waals surface area contributed by atoms with Crippen molar-refractivity contribution >= 4 is 28.6 Å². The minimum Gasteiger partial charge on any atom is -0.391 e. The highest BCUT2D eigenvalue weighted by atomic mass is 35.5. The average Bonchev–Trinajstić information content (AvgIpc) is 2.90. The Morgan fingerprint density at radius 3 is 2.75 bits per heavy atom. The van der Waals surface area contributed by atoms with Gasteiger partial charge < -0.3 is 4.84 Å². The maximum Gasteiger partial charge on any atom is 0.142 e. The molecule has 20 heavy (non-hydrogen) atoms. The highest BCUT2D eigenvalue weighted by Crippen LogP contribution is 2.18. The van der Waals surface area contributed by atoms with Crippen LogP contribution in [-0.2, 0) is 17.9 Å². The molecule has 0 aliphatic heterocycles. The average molecular weight is 305 g/mol. The van der Waals surface area contributed by atoms with Crippen LogP contribution in [-0.4, -0.2) is 5.71 Å². The second-order valence-corrected chi connectivity index (χ2v) is 5.78. The van der Waals surface area contributed by atoms with Crippen LogP contribution in [0.15, 0.2) is 41.6 Å².